The van der Waals surface area contributed by atoms with Gasteiger partial charge in [-0.25, -0.2) is 0 Å². The van der Waals surface area contributed by atoms with Crippen LogP contribution in [0.5, 0.6) is 0 Å². The van der Waals surface area contributed by atoms with Crippen LogP contribution in [0.25, 0.3) is 0 Å². The number of aryl methyl sites for hydroxylation is 1. The number of hydrogen-bond donors (Lipinski definition) is 3. The second kappa shape index (κ2) is 7.39. The number of carbonyl (C=O) groups is 3. The first-order valence-corrected chi connectivity index (χ1v) is 9.09. The molecular formula is C18H24N2O4S. The van der Waals surface area contributed by atoms with Gasteiger partial charge in [-0.1, -0.05) is 18.1 Å². The number of carboxylic acid groups (broad SMARTS) is 1. The van der Waals surface area contributed by atoms with Crippen LogP contribution in [-0.2, 0) is 16.0 Å². The van der Waals surface area contributed by atoms with E-state index in [0.717, 1.165) is 21.6 Å². The van der Waals surface area contributed by atoms with Crippen LogP contribution in [0.1, 0.15) is 54.4 Å². The molecule has 0 fully saturated rings. The summed E-state index contributed by atoms with van der Waals surface area (Å²) < 4.78 is 0. The molecule has 6 nitrogen and oxygen atoms in total. The zero-order valence-corrected chi connectivity index (χ0v) is 15.8. The topological polar surface area (TPSA) is 109 Å². The summed E-state index contributed by atoms with van der Waals surface area (Å²) in [6, 6.07) is 0. The van der Waals surface area contributed by atoms with E-state index in [1.165, 1.54) is 11.3 Å². The average molecular weight is 364 g/mol. The van der Waals surface area contributed by atoms with Crippen LogP contribution in [0.15, 0.2) is 11.1 Å². The lowest BCUT2D eigenvalue weighted by molar-refractivity contribution is -0.146. The third-order valence-corrected chi connectivity index (χ3v) is 6.03. The molecule has 0 aromatic carbocycles. The number of rotatable bonds is 5. The van der Waals surface area contributed by atoms with E-state index < -0.39 is 23.7 Å². The van der Waals surface area contributed by atoms with Crippen LogP contribution in [0.3, 0.4) is 0 Å². The van der Waals surface area contributed by atoms with Crippen molar-refractivity contribution in [3.63, 3.8) is 0 Å². The van der Waals surface area contributed by atoms with Crippen molar-refractivity contribution in [2.45, 2.75) is 47.0 Å². The molecule has 1 aromatic rings. The van der Waals surface area contributed by atoms with Gasteiger partial charge in [-0.15, -0.1) is 11.3 Å². The fourth-order valence-electron chi connectivity index (χ4n) is 3.39. The first-order chi connectivity index (χ1) is 11.7. The Morgan fingerprint density at radius 1 is 1.16 bits per heavy atom. The van der Waals surface area contributed by atoms with Gasteiger partial charge in [0.25, 0.3) is 5.91 Å². The minimum absolute atomic E-state index is 0.337. The Labute approximate surface area is 151 Å². The predicted molar refractivity (Wildman–Crippen MR) is 97.8 cm³/mol. The quantitative estimate of drug-likeness (QED) is 0.697. The molecular weight excluding hydrogens is 340 g/mol. The van der Waals surface area contributed by atoms with Crippen molar-refractivity contribution in [1.29, 1.82) is 0 Å². The Bertz CT molecular complexity index is 763. The predicted octanol–water partition coefficient (Wildman–Crippen LogP) is 3.10. The van der Waals surface area contributed by atoms with Gasteiger partial charge in [0.2, 0.25) is 5.91 Å². The first-order valence-electron chi connectivity index (χ1n) is 8.28. The summed E-state index contributed by atoms with van der Waals surface area (Å²) in [7, 11) is 0. The van der Waals surface area contributed by atoms with Crippen molar-refractivity contribution in [2.75, 3.05) is 5.32 Å². The fourth-order valence-corrected chi connectivity index (χ4v) is 4.54. The van der Waals surface area contributed by atoms with E-state index in [1.807, 2.05) is 27.7 Å². The Kier molecular flexibility index (Phi) is 5.67. The van der Waals surface area contributed by atoms with Gasteiger partial charge < -0.3 is 16.2 Å². The molecule has 0 spiro atoms. The number of amides is 2. The van der Waals surface area contributed by atoms with Gasteiger partial charge in [0, 0.05) is 4.88 Å². The number of anilines is 1. The summed E-state index contributed by atoms with van der Waals surface area (Å²) in [6.07, 6.45) is 1.41. The molecule has 2 rings (SSSR count). The molecule has 4 N–H and O–H groups in total. The molecule has 1 aliphatic carbocycles. The number of nitrogens with two attached hydrogens (primary N) is 1. The Balaban J connectivity index is 2.33. The zero-order chi connectivity index (χ0) is 18.9. The van der Waals surface area contributed by atoms with E-state index in [4.69, 9.17) is 5.73 Å². The number of nitrogens with one attached hydrogen (secondary N) is 1. The van der Waals surface area contributed by atoms with Gasteiger partial charge in [-0.05, 0) is 45.6 Å². The normalized spacial score (nSPS) is 20.5. The molecule has 0 saturated heterocycles. The number of primary amides is 1. The van der Waals surface area contributed by atoms with Crippen molar-refractivity contribution in [1.82, 2.24) is 0 Å². The van der Waals surface area contributed by atoms with E-state index >= 15 is 0 Å². The smallest absolute Gasteiger partial charge is 0.307 e. The monoisotopic (exact) mass is 364 g/mol. The average Bonchev–Trinajstić information content (AvgIpc) is 2.84. The third kappa shape index (κ3) is 3.76. The number of thiophene rings is 1. The van der Waals surface area contributed by atoms with E-state index in [2.05, 4.69) is 5.32 Å². The van der Waals surface area contributed by atoms with Gasteiger partial charge in [0.1, 0.15) is 5.00 Å². The minimum atomic E-state index is -0.973. The van der Waals surface area contributed by atoms with Crippen LogP contribution in [0.2, 0.25) is 0 Å². The van der Waals surface area contributed by atoms with Crippen molar-refractivity contribution in [3.05, 3.63) is 27.2 Å². The van der Waals surface area contributed by atoms with Gasteiger partial charge >= 0.3 is 5.97 Å². The molecule has 25 heavy (non-hydrogen) atoms. The van der Waals surface area contributed by atoms with Crippen molar-refractivity contribution in [3.8, 4) is 0 Å². The largest absolute Gasteiger partial charge is 0.481 e. The lowest BCUT2D eigenvalue weighted by Crippen LogP contribution is -2.36. The van der Waals surface area contributed by atoms with Crippen molar-refractivity contribution < 1.29 is 19.5 Å². The number of carbonyl (C=O) groups excluding carboxylic acids is 2. The molecule has 2 amide bonds. The van der Waals surface area contributed by atoms with Crippen LogP contribution < -0.4 is 11.1 Å². The van der Waals surface area contributed by atoms with Crippen LogP contribution >= 0.6 is 11.3 Å². The first kappa shape index (κ1) is 19.2. The van der Waals surface area contributed by atoms with Crippen LogP contribution in [-0.4, -0.2) is 22.9 Å². The van der Waals surface area contributed by atoms with E-state index in [1.54, 1.807) is 0 Å². The van der Waals surface area contributed by atoms with Gasteiger partial charge in [-0.3, -0.25) is 14.4 Å². The van der Waals surface area contributed by atoms with Crippen molar-refractivity contribution in [2.24, 2.45) is 17.6 Å². The third-order valence-electron chi connectivity index (χ3n) is 4.97. The number of aliphatic carboxylic acids is 1. The summed E-state index contributed by atoms with van der Waals surface area (Å²) >= 11 is 1.30. The van der Waals surface area contributed by atoms with E-state index in [-0.39, 0.29) is 5.91 Å². The molecule has 0 bridgehead atoms. The van der Waals surface area contributed by atoms with E-state index in [0.29, 0.717) is 29.8 Å². The molecule has 1 aliphatic rings. The molecule has 0 saturated carbocycles. The second-order valence-electron chi connectivity index (χ2n) is 6.57. The highest BCUT2D eigenvalue weighted by molar-refractivity contribution is 7.16. The zero-order valence-electron chi connectivity index (χ0n) is 14.9. The summed E-state index contributed by atoms with van der Waals surface area (Å²) in [5.41, 5.74) is 8.73. The number of hydrogen-bond acceptors (Lipinski definition) is 4. The van der Waals surface area contributed by atoms with Gasteiger partial charge in [-0.2, -0.15) is 0 Å². The summed E-state index contributed by atoms with van der Waals surface area (Å²) in [4.78, 5) is 37.1. The lowest BCUT2D eigenvalue weighted by Gasteiger charge is -2.29. The molecule has 1 aromatic heterocycles. The summed E-state index contributed by atoms with van der Waals surface area (Å²) in [5, 5.41) is 12.7. The lowest BCUT2D eigenvalue weighted by atomic mass is 9.76. The van der Waals surface area contributed by atoms with Crippen LogP contribution in [0, 0.1) is 18.8 Å². The summed E-state index contributed by atoms with van der Waals surface area (Å²) in [6.45, 7) is 7.63. The number of carboxylic acids is 1. The molecule has 1 heterocycles. The minimum Gasteiger partial charge on any atom is -0.481 e. The van der Waals surface area contributed by atoms with Crippen molar-refractivity contribution >= 4 is 34.1 Å². The van der Waals surface area contributed by atoms with Gasteiger partial charge in [0.05, 0.1) is 17.4 Å². The highest BCUT2D eigenvalue weighted by Crippen LogP contribution is 2.37. The molecule has 0 aliphatic heterocycles. The Hall–Kier alpha value is -2.15. The SMILES string of the molecule is CCc1c(C)sc(NC(=O)[C@H]2CC(C)=C(C)C[C@@H]2C(=O)O)c1C(N)=O. The fraction of sp³-hybridized carbons (Fsp3) is 0.500. The Morgan fingerprint density at radius 2 is 1.72 bits per heavy atom. The highest BCUT2D eigenvalue weighted by atomic mass is 32.1. The summed E-state index contributed by atoms with van der Waals surface area (Å²) in [5.74, 6) is -3.34. The maximum atomic E-state index is 12.8. The van der Waals surface area contributed by atoms with Gasteiger partial charge in [0.15, 0.2) is 0 Å². The maximum absolute atomic E-state index is 12.8. The molecule has 0 radical (unpaired) electrons. The molecule has 7 heteroatoms. The van der Waals surface area contributed by atoms with E-state index in [9.17, 15) is 19.5 Å². The standard InChI is InChI=1S/C18H24N2O4S/c1-5-11-10(4)25-17(14(11)15(19)21)20-16(22)12-6-8(2)9(3)7-13(12)18(23)24/h12-13H,5-7H2,1-4H3,(H2,19,21)(H,20,22)(H,23,24)/t12-,13-/m0/s1. The van der Waals surface area contributed by atoms with Crippen LogP contribution in [0.4, 0.5) is 5.00 Å². The number of allylic oxidation sites excluding steroid dienone is 2. The Morgan fingerprint density at radius 3 is 2.20 bits per heavy atom. The molecule has 2 atom stereocenters. The highest BCUT2D eigenvalue weighted by Gasteiger charge is 2.38. The second-order valence-corrected chi connectivity index (χ2v) is 7.79. The maximum Gasteiger partial charge on any atom is 0.307 e. The molecule has 136 valence electrons. The molecule has 0 unspecified atom stereocenters.